The van der Waals surface area contributed by atoms with Gasteiger partial charge in [0.1, 0.15) is 19.9 Å². The van der Waals surface area contributed by atoms with Gasteiger partial charge in [0.25, 0.3) is 0 Å². The van der Waals surface area contributed by atoms with Gasteiger partial charge in [-0.1, -0.05) is 41.9 Å². The summed E-state index contributed by atoms with van der Waals surface area (Å²) in [5, 5.41) is 19.5. The van der Waals surface area contributed by atoms with Gasteiger partial charge in [-0.2, -0.15) is 0 Å². The molecule has 0 atom stereocenters. The van der Waals surface area contributed by atoms with Crippen molar-refractivity contribution in [2.75, 3.05) is 7.11 Å². The smallest absolute Gasteiger partial charge is 0.341 e. The SMILES string of the molecule is COC(=O)c1ccc(CS(=O)(=O)c2cc(-c3ccccc3CO)c(Cl)s2)cc1O. The molecule has 0 spiro atoms. The highest BCUT2D eigenvalue weighted by Crippen LogP contribution is 2.40. The number of benzene rings is 2. The Morgan fingerprint density at radius 1 is 1.14 bits per heavy atom. The molecule has 0 aliphatic carbocycles. The van der Waals surface area contributed by atoms with E-state index in [2.05, 4.69) is 4.74 Å². The van der Waals surface area contributed by atoms with Gasteiger partial charge in [0, 0.05) is 5.56 Å². The van der Waals surface area contributed by atoms with Crippen LogP contribution in [0.2, 0.25) is 4.34 Å². The maximum Gasteiger partial charge on any atom is 0.341 e. The van der Waals surface area contributed by atoms with Crippen molar-refractivity contribution in [3.8, 4) is 16.9 Å². The Morgan fingerprint density at radius 3 is 2.52 bits per heavy atom. The lowest BCUT2D eigenvalue weighted by Crippen LogP contribution is -2.05. The topological polar surface area (TPSA) is 101 Å². The van der Waals surface area contributed by atoms with Crippen LogP contribution >= 0.6 is 22.9 Å². The normalized spacial score (nSPS) is 11.4. The number of methoxy groups -OCH3 is 1. The number of phenols is 1. The van der Waals surface area contributed by atoms with Gasteiger partial charge >= 0.3 is 5.97 Å². The quantitative estimate of drug-likeness (QED) is 0.547. The summed E-state index contributed by atoms with van der Waals surface area (Å²) < 4.78 is 30.7. The van der Waals surface area contributed by atoms with Crippen LogP contribution in [0.25, 0.3) is 11.1 Å². The number of thiophene rings is 1. The van der Waals surface area contributed by atoms with Gasteiger partial charge in [-0.25, -0.2) is 13.2 Å². The Hall–Kier alpha value is -2.39. The number of aliphatic hydroxyl groups excluding tert-OH is 1. The minimum atomic E-state index is -3.75. The molecule has 2 aromatic carbocycles. The van der Waals surface area contributed by atoms with Crippen LogP contribution in [0, 0.1) is 0 Å². The maximum atomic E-state index is 12.9. The van der Waals surface area contributed by atoms with Gasteiger partial charge in [0.05, 0.1) is 19.5 Å². The van der Waals surface area contributed by atoms with Crippen molar-refractivity contribution in [2.45, 2.75) is 16.6 Å². The van der Waals surface area contributed by atoms with Crippen molar-refractivity contribution in [1.82, 2.24) is 0 Å². The largest absolute Gasteiger partial charge is 0.507 e. The summed E-state index contributed by atoms with van der Waals surface area (Å²) in [6.07, 6.45) is 0. The van der Waals surface area contributed by atoms with Crippen LogP contribution in [-0.2, 0) is 26.9 Å². The van der Waals surface area contributed by atoms with Gasteiger partial charge in [0.2, 0.25) is 0 Å². The molecule has 6 nitrogen and oxygen atoms in total. The molecular weight excluding hydrogens is 436 g/mol. The van der Waals surface area contributed by atoms with Crippen molar-refractivity contribution in [3.05, 3.63) is 69.6 Å². The van der Waals surface area contributed by atoms with Gasteiger partial charge in [-0.05, 0) is 34.9 Å². The summed E-state index contributed by atoms with van der Waals surface area (Å²) >= 11 is 7.22. The molecule has 152 valence electrons. The van der Waals surface area contributed by atoms with Crippen LogP contribution in [0.1, 0.15) is 21.5 Å². The number of carbonyl (C=O) groups excluding carboxylic acids is 1. The van der Waals surface area contributed by atoms with E-state index in [0.717, 1.165) is 11.3 Å². The van der Waals surface area contributed by atoms with Gasteiger partial charge in [-0.15, -0.1) is 11.3 Å². The fourth-order valence-electron chi connectivity index (χ4n) is 2.85. The lowest BCUT2D eigenvalue weighted by molar-refractivity contribution is 0.0597. The van der Waals surface area contributed by atoms with Gasteiger partial charge in [0.15, 0.2) is 9.84 Å². The second kappa shape index (κ2) is 8.54. The molecule has 2 N–H and O–H groups in total. The van der Waals surface area contributed by atoms with Gasteiger partial charge in [-0.3, -0.25) is 0 Å². The van der Waals surface area contributed by atoms with E-state index in [0.29, 0.717) is 26.6 Å². The van der Waals surface area contributed by atoms with E-state index in [4.69, 9.17) is 11.6 Å². The van der Waals surface area contributed by atoms with E-state index in [-0.39, 0.29) is 27.9 Å². The Labute approximate surface area is 176 Å². The third-order valence-electron chi connectivity index (χ3n) is 4.27. The highest BCUT2D eigenvalue weighted by atomic mass is 35.5. The Kier molecular flexibility index (Phi) is 6.28. The predicted octanol–water partition coefficient (Wildman–Crippen LogP) is 4.03. The number of aromatic hydroxyl groups is 1. The number of carbonyl (C=O) groups is 1. The molecule has 1 heterocycles. The van der Waals surface area contributed by atoms with E-state index in [1.165, 1.54) is 31.4 Å². The first-order valence-corrected chi connectivity index (χ1v) is 11.2. The zero-order chi connectivity index (χ0) is 21.2. The zero-order valence-corrected chi connectivity index (χ0v) is 17.6. The summed E-state index contributed by atoms with van der Waals surface area (Å²) in [6.45, 7) is -0.198. The molecule has 3 rings (SSSR count). The first-order chi connectivity index (χ1) is 13.8. The molecule has 29 heavy (non-hydrogen) atoms. The molecule has 0 amide bonds. The lowest BCUT2D eigenvalue weighted by atomic mass is 10.0. The van der Waals surface area contributed by atoms with E-state index in [9.17, 15) is 23.4 Å². The number of rotatable bonds is 6. The highest BCUT2D eigenvalue weighted by molar-refractivity contribution is 7.92. The lowest BCUT2D eigenvalue weighted by Gasteiger charge is -2.06. The highest BCUT2D eigenvalue weighted by Gasteiger charge is 2.23. The van der Waals surface area contributed by atoms with Crippen LogP contribution < -0.4 is 0 Å². The Morgan fingerprint density at radius 2 is 1.86 bits per heavy atom. The summed E-state index contributed by atoms with van der Waals surface area (Å²) in [7, 11) is -2.57. The molecule has 0 bridgehead atoms. The number of aliphatic hydroxyl groups is 1. The van der Waals surface area contributed by atoms with E-state index >= 15 is 0 Å². The average Bonchev–Trinajstić information content (AvgIpc) is 3.09. The number of esters is 1. The minimum Gasteiger partial charge on any atom is -0.507 e. The van der Waals surface area contributed by atoms with Gasteiger partial charge < -0.3 is 14.9 Å². The fraction of sp³-hybridized carbons (Fsp3) is 0.150. The summed E-state index contributed by atoms with van der Waals surface area (Å²) in [4.78, 5) is 11.5. The van der Waals surface area contributed by atoms with Crippen molar-refractivity contribution in [2.24, 2.45) is 0 Å². The monoisotopic (exact) mass is 452 g/mol. The van der Waals surface area contributed by atoms with Crippen LogP contribution in [0.4, 0.5) is 0 Å². The number of ether oxygens (including phenoxy) is 1. The third kappa shape index (κ3) is 4.45. The Bertz CT molecular complexity index is 1170. The van der Waals surface area contributed by atoms with Crippen LogP contribution in [0.3, 0.4) is 0 Å². The second-order valence-corrected chi connectivity index (χ2v) is 10.0. The predicted molar refractivity (Wildman–Crippen MR) is 111 cm³/mol. The molecule has 0 unspecified atom stereocenters. The molecule has 0 aliphatic rings. The molecule has 0 fully saturated rings. The molecular formula is C20H17ClO6S2. The maximum absolute atomic E-state index is 12.9. The fourth-order valence-corrected chi connectivity index (χ4v) is 6.01. The zero-order valence-electron chi connectivity index (χ0n) is 15.3. The molecule has 1 aromatic heterocycles. The number of halogens is 1. The molecule has 0 radical (unpaired) electrons. The van der Waals surface area contributed by atoms with Crippen molar-refractivity contribution < 1.29 is 28.2 Å². The summed E-state index contributed by atoms with van der Waals surface area (Å²) in [5.74, 6) is -1.44. The first kappa shape index (κ1) is 21.3. The van der Waals surface area contributed by atoms with Crippen LogP contribution in [0.15, 0.2) is 52.7 Å². The first-order valence-electron chi connectivity index (χ1n) is 8.38. The number of hydrogen-bond donors (Lipinski definition) is 2. The second-order valence-electron chi connectivity index (χ2n) is 6.17. The van der Waals surface area contributed by atoms with Crippen molar-refractivity contribution in [1.29, 1.82) is 0 Å². The molecule has 0 saturated heterocycles. The van der Waals surface area contributed by atoms with Crippen LogP contribution in [-0.4, -0.2) is 31.7 Å². The van der Waals surface area contributed by atoms with Crippen molar-refractivity contribution >= 4 is 38.7 Å². The van der Waals surface area contributed by atoms with E-state index in [1.54, 1.807) is 24.3 Å². The molecule has 0 saturated carbocycles. The summed E-state index contributed by atoms with van der Waals surface area (Å²) in [5.41, 5.74) is 2.11. The molecule has 0 aliphatic heterocycles. The minimum absolute atomic E-state index is 0.0456. The Balaban J connectivity index is 1.93. The third-order valence-corrected chi connectivity index (χ3v) is 7.88. The summed E-state index contributed by atoms with van der Waals surface area (Å²) in [6, 6.07) is 12.5. The van der Waals surface area contributed by atoms with Crippen molar-refractivity contribution in [3.63, 3.8) is 0 Å². The van der Waals surface area contributed by atoms with Crippen LogP contribution in [0.5, 0.6) is 5.75 Å². The average molecular weight is 453 g/mol. The molecule has 9 heteroatoms. The standard InChI is InChI=1S/C20H17ClO6S2/c1-27-20(24)15-7-6-12(8-17(15)23)11-29(25,26)18-9-16(19(21)28-18)14-5-3-2-4-13(14)10-22/h2-9,22-23H,10-11H2,1H3. The van der Waals surface area contributed by atoms with E-state index in [1.807, 2.05) is 0 Å². The number of phenolic OH excluding ortho intramolecular Hbond substituents is 1. The molecule has 3 aromatic rings. The number of hydrogen-bond acceptors (Lipinski definition) is 7. The van der Waals surface area contributed by atoms with E-state index < -0.39 is 15.8 Å². The number of sulfone groups is 1.